The van der Waals surface area contributed by atoms with Crippen LogP contribution in [0.15, 0.2) is 59.5 Å². The molecule has 4 heteroatoms. The van der Waals surface area contributed by atoms with E-state index in [0.29, 0.717) is 11.4 Å². The highest BCUT2D eigenvalue weighted by atomic mass is 32.2. The first-order valence-electron chi connectivity index (χ1n) is 10.9. The zero-order valence-electron chi connectivity index (χ0n) is 17.9. The molecule has 0 saturated carbocycles. The number of rotatable bonds is 6. The second kappa shape index (κ2) is 9.73. The number of hydrogen-bond donors (Lipinski definition) is 0. The molecule has 2 aromatic carbocycles. The van der Waals surface area contributed by atoms with Crippen LogP contribution in [0.2, 0.25) is 0 Å². The van der Waals surface area contributed by atoms with E-state index in [9.17, 15) is 8.42 Å². The minimum absolute atomic E-state index is 0.126. The van der Waals surface area contributed by atoms with E-state index in [4.69, 9.17) is 0 Å². The summed E-state index contributed by atoms with van der Waals surface area (Å²) in [7, 11) is -3.56. The van der Waals surface area contributed by atoms with E-state index in [1.54, 1.807) is 16.4 Å². The van der Waals surface area contributed by atoms with Crippen molar-refractivity contribution in [3.63, 3.8) is 0 Å². The molecule has 0 saturated heterocycles. The molecule has 0 spiro atoms. The molecule has 0 radical (unpaired) electrons. The summed E-state index contributed by atoms with van der Waals surface area (Å²) in [6.45, 7) is 6.84. The summed E-state index contributed by atoms with van der Waals surface area (Å²) in [5.41, 5.74) is 4.81. The number of sulfonamides is 1. The van der Waals surface area contributed by atoms with Gasteiger partial charge in [0, 0.05) is 6.54 Å². The van der Waals surface area contributed by atoms with Gasteiger partial charge < -0.3 is 0 Å². The number of hydrogen-bond acceptors (Lipinski definition) is 2. The van der Waals surface area contributed by atoms with Crippen molar-refractivity contribution in [1.82, 2.24) is 4.31 Å². The fourth-order valence-corrected chi connectivity index (χ4v) is 5.86. The first-order valence-corrected chi connectivity index (χ1v) is 12.3. The van der Waals surface area contributed by atoms with E-state index >= 15 is 0 Å². The van der Waals surface area contributed by atoms with Crippen molar-refractivity contribution in [3.05, 3.63) is 71.3 Å². The topological polar surface area (TPSA) is 37.4 Å². The van der Waals surface area contributed by atoms with E-state index < -0.39 is 10.0 Å². The quantitative estimate of drug-likeness (QED) is 0.586. The van der Waals surface area contributed by atoms with Gasteiger partial charge in [0.25, 0.3) is 0 Å². The first-order chi connectivity index (χ1) is 14.0. The van der Waals surface area contributed by atoms with Gasteiger partial charge in [-0.15, -0.1) is 0 Å². The highest BCUT2D eigenvalue weighted by Gasteiger charge is 2.34. The number of benzene rings is 2. The molecule has 3 rings (SSSR count). The number of allylic oxidation sites excluding steroid dienone is 1. The van der Waals surface area contributed by atoms with Crippen molar-refractivity contribution in [2.75, 3.05) is 6.54 Å². The standard InChI is InChI=1S/C25H33NO2S/c1-4-6-13-24-23-14-8-7-11-21(23)12-9-19-26(25(24)10-5-2)29(27,28)22-17-15-20(3)16-18-22/h7-8,11,13-18,25H,4-6,9-10,12,19H2,1-3H3/b24-13+. The largest absolute Gasteiger partial charge is 0.243 e. The van der Waals surface area contributed by atoms with Crippen molar-refractivity contribution in [2.24, 2.45) is 0 Å². The summed E-state index contributed by atoms with van der Waals surface area (Å²) in [4.78, 5) is 0.396. The molecule has 2 aromatic rings. The van der Waals surface area contributed by atoms with Gasteiger partial charge in [-0.05, 0) is 61.4 Å². The highest BCUT2D eigenvalue weighted by Crippen LogP contribution is 2.35. The van der Waals surface area contributed by atoms with Crippen molar-refractivity contribution in [3.8, 4) is 0 Å². The molecule has 3 nitrogen and oxygen atoms in total. The lowest BCUT2D eigenvalue weighted by Crippen LogP contribution is -2.42. The van der Waals surface area contributed by atoms with E-state index in [2.05, 4.69) is 44.2 Å². The second-order valence-electron chi connectivity index (χ2n) is 7.94. The average molecular weight is 412 g/mol. The number of aryl methyl sites for hydroxylation is 2. The minimum Gasteiger partial charge on any atom is -0.207 e. The van der Waals surface area contributed by atoms with Crippen molar-refractivity contribution in [2.45, 2.75) is 70.2 Å². The molecule has 0 bridgehead atoms. The Balaban J connectivity index is 2.13. The molecule has 1 unspecified atom stereocenters. The van der Waals surface area contributed by atoms with Crippen molar-refractivity contribution >= 4 is 15.6 Å². The molecule has 29 heavy (non-hydrogen) atoms. The lowest BCUT2D eigenvalue weighted by Gasteiger charge is -2.35. The van der Waals surface area contributed by atoms with Crippen LogP contribution in [0.5, 0.6) is 0 Å². The van der Waals surface area contributed by atoms with Crippen LogP contribution in [-0.4, -0.2) is 25.3 Å². The molecule has 0 fully saturated rings. The summed E-state index contributed by atoms with van der Waals surface area (Å²) in [6, 6.07) is 15.7. The zero-order chi connectivity index (χ0) is 20.9. The predicted octanol–water partition coefficient (Wildman–Crippen LogP) is 5.98. The molecular weight excluding hydrogens is 378 g/mol. The Hall–Kier alpha value is -1.91. The SMILES string of the molecule is CCC/C=C1\c2ccccc2CCCN(S(=O)(=O)c2ccc(C)cc2)C1CCC. The zero-order valence-corrected chi connectivity index (χ0v) is 18.7. The lowest BCUT2D eigenvalue weighted by atomic mass is 9.87. The third kappa shape index (κ3) is 4.81. The van der Waals surface area contributed by atoms with Crippen LogP contribution in [-0.2, 0) is 16.4 Å². The first kappa shape index (κ1) is 21.8. The summed E-state index contributed by atoms with van der Waals surface area (Å²) >= 11 is 0. The summed E-state index contributed by atoms with van der Waals surface area (Å²) in [5.74, 6) is 0. The van der Waals surface area contributed by atoms with Gasteiger partial charge in [-0.25, -0.2) is 8.42 Å². The van der Waals surface area contributed by atoms with Gasteiger partial charge in [-0.1, -0.05) is 74.7 Å². The third-order valence-corrected chi connectivity index (χ3v) is 7.62. The highest BCUT2D eigenvalue weighted by molar-refractivity contribution is 7.89. The Morgan fingerprint density at radius 2 is 1.76 bits per heavy atom. The maximum atomic E-state index is 13.7. The molecule has 1 heterocycles. The maximum Gasteiger partial charge on any atom is 0.243 e. The van der Waals surface area contributed by atoms with E-state index in [1.807, 2.05) is 19.1 Å². The van der Waals surface area contributed by atoms with Crippen LogP contribution in [0.4, 0.5) is 0 Å². The third-order valence-electron chi connectivity index (χ3n) is 5.70. The number of nitrogens with zero attached hydrogens (tertiary/aromatic N) is 1. The summed E-state index contributed by atoms with van der Waals surface area (Å²) in [5, 5.41) is 0. The maximum absolute atomic E-state index is 13.7. The monoisotopic (exact) mass is 411 g/mol. The average Bonchev–Trinajstić information content (AvgIpc) is 2.70. The Labute approximate surface area is 176 Å². The van der Waals surface area contributed by atoms with Gasteiger partial charge in [0.1, 0.15) is 0 Å². The van der Waals surface area contributed by atoms with Gasteiger partial charge in [-0.3, -0.25) is 0 Å². The van der Waals surface area contributed by atoms with Crippen molar-refractivity contribution in [1.29, 1.82) is 0 Å². The Kier molecular flexibility index (Phi) is 7.31. The molecule has 1 aliphatic heterocycles. The lowest BCUT2D eigenvalue weighted by molar-refractivity contribution is 0.345. The molecular formula is C25H33NO2S. The van der Waals surface area contributed by atoms with Crippen LogP contribution < -0.4 is 0 Å². The van der Waals surface area contributed by atoms with E-state index in [0.717, 1.165) is 44.1 Å². The van der Waals surface area contributed by atoms with E-state index in [1.165, 1.54) is 16.7 Å². The summed E-state index contributed by atoms with van der Waals surface area (Å²) < 4.78 is 29.1. The van der Waals surface area contributed by atoms with Crippen LogP contribution in [0.3, 0.4) is 0 Å². The smallest absolute Gasteiger partial charge is 0.207 e. The number of unbranched alkanes of at least 4 members (excludes halogenated alkanes) is 1. The normalized spacial score (nSPS) is 19.6. The van der Waals surface area contributed by atoms with Gasteiger partial charge >= 0.3 is 0 Å². The summed E-state index contributed by atoms with van der Waals surface area (Å²) in [6.07, 6.45) is 7.80. The molecule has 1 aliphatic rings. The Morgan fingerprint density at radius 1 is 1.03 bits per heavy atom. The molecule has 1 atom stereocenters. The van der Waals surface area contributed by atoms with Crippen LogP contribution in [0, 0.1) is 6.92 Å². The predicted molar refractivity (Wildman–Crippen MR) is 121 cm³/mol. The van der Waals surface area contributed by atoms with Crippen LogP contribution in [0.1, 0.15) is 62.6 Å². The minimum atomic E-state index is -3.56. The van der Waals surface area contributed by atoms with Gasteiger partial charge in [0.2, 0.25) is 10.0 Å². The second-order valence-corrected chi connectivity index (χ2v) is 9.83. The molecule has 0 aromatic heterocycles. The van der Waals surface area contributed by atoms with Crippen molar-refractivity contribution < 1.29 is 8.42 Å². The fraction of sp³-hybridized carbons (Fsp3) is 0.440. The van der Waals surface area contributed by atoms with E-state index in [-0.39, 0.29) is 6.04 Å². The van der Waals surface area contributed by atoms with Gasteiger partial charge in [-0.2, -0.15) is 4.31 Å². The van der Waals surface area contributed by atoms with Crippen LogP contribution in [0.25, 0.3) is 5.57 Å². The Bertz CT molecular complexity index is 945. The van der Waals surface area contributed by atoms with Gasteiger partial charge in [0.15, 0.2) is 0 Å². The molecule has 156 valence electrons. The van der Waals surface area contributed by atoms with Gasteiger partial charge in [0.05, 0.1) is 10.9 Å². The number of fused-ring (bicyclic) bond motifs is 1. The fourth-order valence-electron chi connectivity index (χ4n) is 4.19. The molecule has 0 amide bonds. The Morgan fingerprint density at radius 3 is 2.45 bits per heavy atom. The molecule has 0 aliphatic carbocycles. The van der Waals surface area contributed by atoms with Crippen LogP contribution >= 0.6 is 0 Å². The molecule has 0 N–H and O–H groups in total.